The Hall–Kier alpha value is -1.59. The summed E-state index contributed by atoms with van der Waals surface area (Å²) in [7, 11) is 0. The SMILES string of the molecule is CCC1CCCCN1C(=O)c1nn(CCF)cc1N. The molecule has 0 aromatic carbocycles. The monoisotopic (exact) mass is 268 g/mol. The van der Waals surface area contributed by atoms with E-state index >= 15 is 0 Å². The molecule has 1 aromatic heterocycles. The lowest BCUT2D eigenvalue weighted by Crippen LogP contribution is -2.43. The summed E-state index contributed by atoms with van der Waals surface area (Å²) in [6.07, 6.45) is 5.68. The number of piperidine rings is 1. The maximum atomic E-state index is 12.5. The van der Waals surface area contributed by atoms with Gasteiger partial charge in [-0.2, -0.15) is 5.10 Å². The Bertz CT molecular complexity index is 446. The third kappa shape index (κ3) is 2.88. The molecule has 0 bridgehead atoms. The second-order valence-corrected chi connectivity index (χ2v) is 4.94. The van der Waals surface area contributed by atoms with Crippen LogP contribution < -0.4 is 5.73 Å². The summed E-state index contributed by atoms with van der Waals surface area (Å²) in [6.45, 7) is 2.46. The standard InChI is InChI=1S/C13H21FN4O/c1-2-10-5-3-4-7-18(10)13(19)12-11(15)9-17(16-12)8-6-14/h9-10H,2-8,15H2,1H3. The number of nitrogens with two attached hydrogens (primary N) is 1. The summed E-state index contributed by atoms with van der Waals surface area (Å²) in [5.74, 6) is -0.123. The molecule has 0 radical (unpaired) electrons. The molecule has 1 amide bonds. The number of carbonyl (C=O) groups is 1. The highest BCUT2D eigenvalue weighted by atomic mass is 19.1. The van der Waals surface area contributed by atoms with Gasteiger partial charge in [0.25, 0.3) is 5.91 Å². The van der Waals surface area contributed by atoms with Gasteiger partial charge in [0.2, 0.25) is 0 Å². The lowest BCUT2D eigenvalue weighted by atomic mass is 9.99. The first kappa shape index (κ1) is 13.8. The fourth-order valence-corrected chi connectivity index (χ4v) is 2.63. The average Bonchev–Trinajstić information content (AvgIpc) is 2.79. The van der Waals surface area contributed by atoms with E-state index in [1.54, 1.807) is 0 Å². The summed E-state index contributed by atoms with van der Waals surface area (Å²) in [5.41, 5.74) is 6.40. The number of nitrogens with zero attached hydrogens (tertiary/aromatic N) is 3. The van der Waals surface area contributed by atoms with Gasteiger partial charge in [0.15, 0.2) is 5.69 Å². The summed E-state index contributed by atoms with van der Waals surface area (Å²) < 4.78 is 13.7. The van der Waals surface area contributed by atoms with Crippen LogP contribution in [0.25, 0.3) is 0 Å². The third-order valence-electron chi connectivity index (χ3n) is 3.67. The molecule has 0 spiro atoms. The minimum Gasteiger partial charge on any atom is -0.396 e. The number of nitrogen functional groups attached to an aromatic ring is 1. The molecule has 1 aliphatic heterocycles. The number of alkyl halides is 1. The fourth-order valence-electron chi connectivity index (χ4n) is 2.63. The molecule has 1 unspecified atom stereocenters. The van der Waals surface area contributed by atoms with Crippen molar-refractivity contribution in [3.8, 4) is 0 Å². The van der Waals surface area contributed by atoms with E-state index in [1.807, 2.05) is 4.90 Å². The van der Waals surface area contributed by atoms with E-state index in [0.717, 1.165) is 32.2 Å². The summed E-state index contributed by atoms with van der Waals surface area (Å²) in [5, 5.41) is 4.10. The zero-order valence-electron chi connectivity index (χ0n) is 11.3. The molecule has 19 heavy (non-hydrogen) atoms. The van der Waals surface area contributed by atoms with Crippen LogP contribution in [-0.4, -0.2) is 39.8 Å². The first-order valence-corrected chi connectivity index (χ1v) is 6.87. The first-order valence-electron chi connectivity index (χ1n) is 6.87. The number of anilines is 1. The molecule has 2 rings (SSSR count). The lowest BCUT2D eigenvalue weighted by molar-refractivity contribution is 0.0602. The number of rotatable bonds is 4. The third-order valence-corrected chi connectivity index (χ3v) is 3.67. The number of likely N-dealkylation sites (tertiary alicyclic amines) is 1. The first-order chi connectivity index (χ1) is 9.17. The van der Waals surface area contributed by atoms with E-state index in [-0.39, 0.29) is 24.2 Å². The van der Waals surface area contributed by atoms with E-state index in [4.69, 9.17) is 5.73 Å². The van der Waals surface area contributed by atoms with Gasteiger partial charge in [-0.15, -0.1) is 0 Å². The highest BCUT2D eigenvalue weighted by Crippen LogP contribution is 2.23. The molecule has 106 valence electrons. The largest absolute Gasteiger partial charge is 0.396 e. The second kappa shape index (κ2) is 6.04. The number of carbonyl (C=O) groups excluding carboxylic acids is 1. The van der Waals surface area contributed by atoms with Gasteiger partial charge in [-0.3, -0.25) is 9.48 Å². The number of aryl methyl sites for hydroxylation is 1. The molecular weight excluding hydrogens is 247 g/mol. The van der Waals surface area contributed by atoms with E-state index in [1.165, 1.54) is 10.9 Å². The van der Waals surface area contributed by atoms with Crippen LogP contribution in [0, 0.1) is 0 Å². The van der Waals surface area contributed by atoms with Crippen LogP contribution in [0.2, 0.25) is 0 Å². The van der Waals surface area contributed by atoms with Gasteiger partial charge in [0.1, 0.15) is 6.67 Å². The number of hydrogen-bond donors (Lipinski definition) is 1. The highest BCUT2D eigenvalue weighted by Gasteiger charge is 2.28. The number of hydrogen-bond acceptors (Lipinski definition) is 3. The van der Waals surface area contributed by atoms with E-state index in [0.29, 0.717) is 5.69 Å². The molecule has 2 N–H and O–H groups in total. The molecule has 1 aromatic rings. The van der Waals surface area contributed by atoms with Gasteiger partial charge in [0.05, 0.1) is 12.2 Å². The van der Waals surface area contributed by atoms with Crippen molar-refractivity contribution >= 4 is 11.6 Å². The zero-order chi connectivity index (χ0) is 13.8. The molecule has 6 heteroatoms. The lowest BCUT2D eigenvalue weighted by Gasteiger charge is -2.34. The van der Waals surface area contributed by atoms with Crippen molar-refractivity contribution in [2.45, 2.75) is 45.2 Å². The van der Waals surface area contributed by atoms with Gasteiger partial charge < -0.3 is 10.6 Å². The molecule has 1 atom stereocenters. The van der Waals surface area contributed by atoms with Crippen molar-refractivity contribution in [1.29, 1.82) is 0 Å². The Balaban J connectivity index is 2.17. The van der Waals surface area contributed by atoms with Crippen molar-refractivity contribution in [1.82, 2.24) is 14.7 Å². The van der Waals surface area contributed by atoms with Crippen LogP contribution >= 0.6 is 0 Å². The summed E-state index contributed by atoms with van der Waals surface area (Å²) in [4.78, 5) is 14.3. The molecule has 1 saturated heterocycles. The predicted molar refractivity (Wildman–Crippen MR) is 71.6 cm³/mol. The van der Waals surface area contributed by atoms with Gasteiger partial charge in [0, 0.05) is 18.8 Å². The Morgan fingerprint density at radius 2 is 2.37 bits per heavy atom. The van der Waals surface area contributed by atoms with Crippen LogP contribution in [0.15, 0.2) is 6.20 Å². The Labute approximate surface area is 112 Å². The fraction of sp³-hybridized carbons (Fsp3) is 0.692. The van der Waals surface area contributed by atoms with Crippen LogP contribution in [0.3, 0.4) is 0 Å². The molecule has 0 saturated carbocycles. The van der Waals surface area contributed by atoms with Crippen molar-refractivity contribution in [3.05, 3.63) is 11.9 Å². The molecule has 2 heterocycles. The maximum absolute atomic E-state index is 12.5. The highest BCUT2D eigenvalue weighted by molar-refractivity contribution is 5.97. The molecule has 5 nitrogen and oxygen atoms in total. The predicted octanol–water partition coefficient (Wildman–Crippen LogP) is 1.84. The Morgan fingerprint density at radius 3 is 3.05 bits per heavy atom. The van der Waals surface area contributed by atoms with Gasteiger partial charge in [-0.1, -0.05) is 6.92 Å². The molecule has 1 fully saturated rings. The second-order valence-electron chi connectivity index (χ2n) is 4.94. The van der Waals surface area contributed by atoms with Gasteiger partial charge >= 0.3 is 0 Å². The van der Waals surface area contributed by atoms with E-state index < -0.39 is 6.67 Å². The van der Waals surface area contributed by atoms with Crippen LogP contribution in [-0.2, 0) is 6.54 Å². The maximum Gasteiger partial charge on any atom is 0.276 e. The topological polar surface area (TPSA) is 64.2 Å². The van der Waals surface area contributed by atoms with Crippen LogP contribution in [0.4, 0.5) is 10.1 Å². The van der Waals surface area contributed by atoms with E-state index in [9.17, 15) is 9.18 Å². The Kier molecular flexibility index (Phi) is 4.39. The quantitative estimate of drug-likeness (QED) is 0.906. The minimum atomic E-state index is -0.518. The normalized spacial score (nSPS) is 19.7. The molecular formula is C13H21FN4O. The van der Waals surface area contributed by atoms with Gasteiger partial charge in [-0.25, -0.2) is 4.39 Å². The number of halogens is 1. The van der Waals surface area contributed by atoms with Gasteiger partial charge in [-0.05, 0) is 25.7 Å². The zero-order valence-corrected chi connectivity index (χ0v) is 11.3. The molecule has 0 aliphatic carbocycles. The van der Waals surface area contributed by atoms with Crippen LogP contribution in [0.5, 0.6) is 0 Å². The summed E-state index contributed by atoms with van der Waals surface area (Å²) >= 11 is 0. The number of amides is 1. The van der Waals surface area contributed by atoms with Crippen molar-refractivity contribution < 1.29 is 9.18 Å². The van der Waals surface area contributed by atoms with Crippen molar-refractivity contribution in [2.75, 3.05) is 19.0 Å². The van der Waals surface area contributed by atoms with E-state index in [2.05, 4.69) is 12.0 Å². The smallest absolute Gasteiger partial charge is 0.276 e. The minimum absolute atomic E-state index is 0.123. The summed E-state index contributed by atoms with van der Waals surface area (Å²) in [6, 6.07) is 0.270. The molecule has 1 aliphatic rings. The Morgan fingerprint density at radius 1 is 1.58 bits per heavy atom. The number of aromatic nitrogens is 2. The van der Waals surface area contributed by atoms with Crippen molar-refractivity contribution in [3.63, 3.8) is 0 Å². The average molecular weight is 268 g/mol. The van der Waals surface area contributed by atoms with Crippen LogP contribution in [0.1, 0.15) is 43.1 Å². The van der Waals surface area contributed by atoms with Crippen molar-refractivity contribution in [2.24, 2.45) is 0 Å².